The number of nitrogens with zero attached hydrogens (tertiary/aromatic N) is 3. The lowest BCUT2D eigenvalue weighted by Crippen LogP contribution is -2.16. The average molecular weight is 287 g/mol. The maximum absolute atomic E-state index is 12.1. The SMILES string of the molecule is Cc1cc(C)nc(NC(=O)c2cc([N+](=O)[O-])ccc2N)n1. The van der Waals surface area contributed by atoms with Crippen LogP contribution >= 0.6 is 0 Å². The largest absolute Gasteiger partial charge is 0.398 e. The lowest BCUT2D eigenvalue weighted by molar-refractivity contribution is -0.384. The van der Waals surface area contributed by atoms with Crippen LogP contribution in [-0.4, -0.2) is 20.8 Å². The van der Waals surface area contributed by atoms with E-state index in [2.05, 4.69) is 15.3 Å². The third-order valence-electron chi connectivity index (χ3n) is 2.70. The van der Waals surface area contributed by atoms with E-state index in [-0.39, 0.29) is 22.9 Å². The van der Waals surface area contributed by atoms with E-state index >= 15 is 0 Å². The molecule has 0 saturated heterocycles. The molecule has 0 atom stereocenters. The predicted octanol–water partition coefficient (Wildman–Crippen LogP) is 1.84. The molecule has 0 bridgehead atoms. The minimum Gasteiger partial charge on any atom is -0.398 e. The van der Waals surface area contributed by atoms with Gasteiger partial charge in [0.25, 0.3) is 11.6 Å². The molecule has 0 unspecified atom stereocenters. The van der Waals surface area contributed by atoms with Crippen molar-refractivity contribution in [3.05, 3.63) is 51.3 Å². The number of aromatic nitrogens is 2. The number of nitrogens with two attached hydrogens (primary N) is 1. The molecule has 8 heteroatoms. The van der Waals surface area contributed by atoms with E-state index in [0.717, 1.165) is 6.07 Å². The average Bonchev–Trinajstić information content (AvgIpc) is 2.37. The number of carbonyl (C=O) groups is 1. The highest BCUT2D eigenvalue weighted by atomic mass is 16.6. The number of nitro groups is 1. The molecule has 0 aliphatic rings. The third kappa shape index (κ3) is 3.30. The van der Waals surface area contributed by atoms with Crippen molar-refractivity contribution in [1.82, 2.24) is 9.97 Å². The van der Waals surface area contributed by atoms with E-state index < -0.39 is 10.8 Å². The smallest absolute Gasteiger partial charge is 0.270 e. The quantitative estimate of drug-likeness (QED) is 0.504. The third-order valence-corrected chi connectivity index (χ3v) is 2.70. The van der Waals surface area contributed by atoms with Crippen molar-refractivity contribution in [3.63, 3.8) is 0 Å². The topological polar surface area (TPSA) is 124 Å². The summed E-state index contributed by atoms with van der Waals surface area (Å²) in [4.78, 5) is 30.4. The summed E-state index contributed by atoms with van der Waals surface area (Å²) in [5, 5.41) is 13.2. The first-order valence-corrected chi connectivity index (χ1v) is 6.04. The maximum Gasteiger partial charge on any atom is 0.270 e. The second-order valence-electron chi connectivity index (χ2n) is 4.46. The normalized spacial score (nSPS) is 10.2. The van der Waals surface area contributed by atoms with E-state index in [1.165, 1.54) is 12.1 Å². The van der Waals surface area contributed by atoms with Gasteiger partial charge in [0.2, 0.25) is 5.95 Å². The zero-order valence-electron chi connectivity index (χ0n) is 11.5. The van der Waals surface area contributed by atoms with Crippen molar-refractivity contribution in [3.8, 4) is 0 Å². The second-order valence-corrected chi connectivity index (χ2v) is 4.46. The monoisotopic (exact) mass is 287 g/mol. The Morgan fingerprint density at radius 1 is 1.24 bits per heavy atom. The van der Waals surface area contributed by atoms with Crippen molar-refractivity contribution in [2.45, 2.75) is 13.8 Å². The standard InChI is InChI=1S/C13H13N5O3/c1-7-5-8(2)16-13(15-7)17-12(19)10-6-9(18(20)21)3-4-11(10)14/h3-6H,14H2,1-2H3,(H,15,16,17,19). The van der Waals surface area contributed by atoms with Gasteiger partial charge in [0.05, 0.1) is 10.5 Å². The van der Waals surface area contributed by atoms with Crippen LogP contribution in [0, 0.1) is 24.0 Å². The lowest BCUT2D eigenvalue weighted by atomic mass is 10.1. The number of rotatable bonds is 3. The van der Waals surface area contributed by atoms with E-state index in [1.807, 2.05) is 0 Å². The highest BCUT2D eigenvalue weighted by molar-refractivity contribution is 6.07. The number of hydrogen-bond acceptors (Lipinski definition) is 6. The molecule has 1 aromatic carbocycles. The Morgan fingerprint density at radius 2 is 1.86 bits per heavy atom. The van der Waals surface area contributed by atoms with Crippen LogP contribution in [0.25, 0.3) is 0 Å². The van der Waals surface area contributed by atoms with Crippen LogP contribution in [0.15, 0.2) is 24.3 Å². The van der Waals surface area contributed by atoms with Crippen molar-refractivity contribution in [2.75, 3.05) is 11.1 Å². The summed E-state index contributed by atoms with van der Waals surface area (Å²) >= 11 is 0. The molecule has 2 aromatic rings. The van der Waals surface area contributed by atoms with Gasteiger partial charge in [-0.15, -0.1) is 0 Å². The van der Waals surface area contributed by atoms with Gasteiger partial charge in [-0.05, 0) is 26.0 Å². The first-order valence-electron chi connectivity index (χ1n) is 6.04. The number of non-ortho nitro benzene ring substituents is 1. The Kier molecular flexibility index (Phi) is 3.79. The van der Waals surface area contributed by atoms with E-state index in [0.29, 0.717) is 11.4 Å². The zero-order valence-corrected chi connectivity index (χ0v) is 11.5. The number of carbonyl (C=O) groups excluding carboxylic acids is 1. The molecule has 1 heterocycles. The minimum atomic E-state index is -0.596. The summed E-state index contributed by atoms with van der Waals surface area (Å²) in [5.41, 5.74) is 7.01. The van der Waals surface area contributed by atoms with Gasteiger partial charge < -0.3 is 5.73 Å². The molecule has 0 radical (unpaired) electrons. The summed E-state index contributed by atoms with van der Waals surface area (Å²) in [5.74, 6) is -0.468. The summed E-state index contributed by atoms with van der Waals surface area (Å²) < 4.78 is 0. The molecule has 0 spiro atoms. The molecule has 21 heavy (non-hydrogen) atoms. The number of hydrogen-bond donors (Lipinski definition) is 2. The molecular weight excluding hydrogens is 274 g/mol. The van der Waals surface area contributed by atoms with Gasteiger partial charge in [-0.25, -0.2) is 9.97 Å². The van der Waals surface area contributed by atoms with Gasteiger partial charge in [-0.2, -0.15) is 0 Å². The molecule has 0 aliphatic heterocycles. The fraction of sp³-hybridized carbons (Fsp3) is 0.154. The Labute approximate surface area is 120 Å². The minimum absolute atomic E-state index is 0.00644. The maximum atomic E-state index is 12.1. The molecule has 0 aliphatic carbocycles. The molecule has 8 nitrogen and oxygen atoms in total. The van der Waals surface area contributed by atoms with E-state index in [9.17, 15) is 14.9 Å². The number of aryl methyl sites for hydroxylation is 2. The Morgan fingerprint density at radius 3 is 2.43 bits per heavy atom. The number of benzene rings is 1. The molecule has 0 saturated carbocycles. The number of nitrogen functional groups attached to an aromatic ring is 1. The second kappa shape index (κ2) is 5.53. The van der Waals surface area contributed by atoms with Gasteiger partial charge in [-0.1, -0.05) is 0 Å². The molecule has 1 aromatic heterocycles. The Balaban J connectivity index is 2.31. The zero-order chi connectivity index (χ0) is 15.6. The molecule has 2 rings (SSSR count). The lowest BCUT2D eigenvalue weighted by Gasteiger charge is -2.07. The van der Waals surface area contributed by atoms with E-state index in [1.54, 1.807) is 19.9 Å². The summed E-state index contributed by atoms with van der Waals surface area (Å²) in [6.45, 7) is 3.54. The summed E-state index contributed by atoms with van der Waals surface area (Å²) in [7, 11) is 0. The Bertz CT molecular complexity index is 709. The molecule has 108 valence electrons. The molecular formula is C13H13N5O3. The summed E-state index contributed by atoms with van der Waals surface area (Å²) in [6.07, 6.45) is 0. The molecule has 1 amide bonds. The first kappa shape index (κ1) is 14.4. The predicted molar refractivity (Wildman–Crippen MR) is 77.0 cm³/mol. The number of nitro benzene ring substituents is 1. The van der Waals surface area contributed by atoms with Crippen molar-refractivity contribution in [1.29, 1.82) is 0 Å². The molecule has 0 fully saturated rings. The summed E-state index contributed by atoms with van der Waals surface area (Å²) in [6, 6.07) is 5.43. The fourth-order valence-electron chi connectivity index (χ4n) is 1.81. The number of amides is 1. The highest BCUT2D eigenvalue weighted by Crippen LogP contribution is 2.20. The van der Waals surface area contributed by atoms with Crippen LogP contribution in [0.5, 0.6) is 0 Å². The van der Waals surface area contributed by atoms with Gasteiger partial charge in [-0.3, -0.25) is 20.2 Å². The molecule has 3 N–H and O–H groups in total. The van der Waals surface area contributed by atoms with Crippen LogP contribution in [0.1, 0.15) is 21.7 Å². The first-order chi connectivity index (χ1) is 9.86. The number of nitrogens with one attached hydrogen (secondary N) is 1. The number of anilines is 2. The van der Waals surface area contributed by atoms with Gasteiger partial charge in [0, 0.05) is 29.2 Å². The van der Waals surface area contributed by atoms with Crippen molar-refractivity contribution in [2.24, 2.45) is 0 Å². The van der Waals surface area contributed by atoms with Crippen molar-refractivity contribution >= 4 is 23.2 Å². The van der Waals surface area contributed by atoms with Gasteiger partial charge in [0.1, 0.15) is 0 Å². The van der Waals surface area contributed by atoms with Gasteiger partial charge in [0.15, 0.2) is 0 Å². The van der Waals surface area contributed by atoms with Crippen molar-refractivity contribution < 1.29 is 9.72 Å². The van der Waals surface area contributed by atoms with Crippen LogP contribution < -0.4 is 11.1 Å². The van der Waals surface area contributed by atoms with Crippen LogP contribution in [0.3, 0.4) is 0 Å². The van der Waals surface area contributed by atoms with Gasteiger partial charge >= 0.3 is 0 Å². The van der Waals surface area contributed by atoms with Crippen LogP contribution in [0.2, 0.25) is 0 Å². The fourth-order valence-corrected chi connectivity index (χ4v) is 1.81. The van der Waals surface area contributed by atoms with Crippen LogP contribution in [-0.2, 0) is 0 Å². The van der Waals surface area contributed by atoms with E-state index in [4.69, 9.17) is 5.73 Å². The Hall–Kier alpha value is -3.03. The van der Waals surface area contributed by atoms with Crippen LogP contribution in [0.4, 0.5) is 17.3 Å². The highest BCUT2D eigenvalue weighted by Gasteiger charge is 2.16.